The third-order valence-electron chi connectivity index (χ3n) is 1.27. The van der Waals surface area contributed by atoms with Crippen molar-refractivity contribution in [3.63, 3.8) is 0 Å². The van der Waals surface area contributed by atoms with Crippen LogP contribution in [0.1, 0.15) is 27.2 Å². The third kappa shape index (κ3) is 6.10. The van der Waals surface area contributed by atoms with Crippen LogP contribution in [0.2, 0.25) is 0 Å². The average molecular weight is 189 g/mol. The Bertz CT molecular complexity index is 191. The number of rotatable bonds is 3. The van der Waals surface area contributed by atoms with Crippen molar-refractivity contribution in [2.24, 2.45) is 11.7 Å². The summed E-state index contributed by atoms with van der Waals surface area (Å²) in [7, 11) is 0. The number of carbonyl (C=O) groups excluding carboxylic acids is 2. The van der Waals surface area contributed by atoms with Crippen LogP contribution in [-0.2, 0) is 19.4 Å². The Labute approximate surface area is 77.1 Å². The van der Waals surface area contributed by atoms with Crippen LogP contribution in [0.15, 0.2) is 0 Å². The minimum absolute atomic E-state index is 0.292. The van der Waals surface area contributed by atoms with Crippen molar-refractivity contribution in [1.82, 2.24) is 0 Å². The van der Waals surface area contributed by atoms with Crippen molar-refractivity contribution < 1.29 is 19.4 Å². The molecule has 0 heterocycles. The van der Waals surface area contributed by atoms with E-state index in [0.717, 1.165) is 6.92 Å². The molecule has 0 amide bonds. The fourth-order valence-corrected chi connectivity index (χ4v) is 0.766. The Hall–Kier alpha value is -1.10. The molecule has 0 aromatic rings. The van der Waals surface area contributed by atoms with E-state index in [2.05, 4.69) is 9.78 Å². The molecule has 0 aliphatic rings. The van der Waals surface area contributed by atoms with Crippen molar-refractivity contribution in [2.45, 2.75) is 33.2 Å². The summed E-state index contributed by atoms with van der Waals surface area (Å²) in [4.78, 5) is 29.4. The van der Waals surface area contributed by atoms with Gasteiger partial charge in [0.15, 0.2) is 0 Å². The van der Waals surface area contributed by atoms with Gasteiger partial charge in [-0.05, 0) is 12.3 Å². The van der Waals surface area contributed by atoms with Gasteiger partial charge in [0.25, 0.3) is 0 Å². The van der Waals surface area contributed by atoms with E-state index in [0.29, 0.717) is 12.3 Å². The Kier molecular flexibility index (Phi) is 5.06. The SMILES string of the molecule is CC(=O)OOC(=O)[C@@H](N)CC(C)C. The summed E-state index contributed by atoms with van der Waals surface area (Å²) in [5.74, 6) is -1.10. The van der Waals surface area contributed by atoms with Gasteiger partial charge in [0, 0.05) is 6.92 Å². The van der Waals surface area contributed by atoms with Crippen LogP contribution >= 0.6 is 0 Å². The fraction of sp³-hybridized carbons (Fsp3) is 0.750. The van der Waals surface area contributed by atoms with Gasteiger partial charge in [-0.1, -0.05) is 13.8 Å². The maximum absolute atomic E-state index is 11.0. The van der Waals surface area contributed by atoms with Gasteiger partial charge in [0.05, 0.1) is 0 Å². The van der Waals surface area contributed by atoms with E-state index >= 15 is 0 Å². The molecular weight excluding hydrogens is 174 g/mol. The number of hydrogen-bond donors (Lipinski definition) is 1. The van der Waals surface area contributed by atoms with E-state index in [1.54, 1.807) is 0 Å². The quantitative estimate of drug-likeness (QED) is 0.513. The number of hydrogen-bond acceptors (Lipinski definition) is 5. The van der Waals surface area contributed by atoms with Crippen LogP contribution in [0.3, 0.4) is 0 Å². The van der Waals surface area contributed by atoms with Gasteiger partial charge in [-0.25, -0.2) is 19.4 Å². The highest BCUT2D eigenvalue weighted by molar-refractivity contribution is 5.76. The van der Waals surface area contributed by atoms with Crippen LogP contribution in [-0.4, -0.2) is 18.0 Å². The summed E-state index contributed by atoms with van der Waals surface area (Å²) in [6, 6.07) is -0.737. The molecule has 0 bridgehead atoms. The van der Waals surface area contributed by atoms with Gasteiger partial charge < -0.3 is 5.73 Å². The monoisotopic (exact) mass is 189 g/mol. The van der Waals surface area contributed by atoms with E-state index in [-0.39, 0.29) is 0 Å². The smallest absolute Gasteiger partial charge is 0.318 e. The van der Waals surface area contributed by atoms with E-state index in [9.17, 15) is 9.59 Å². The molecule has 0 aromatic heterocycles. The lowest BCUT2D eigenvalue weighted by molar-refractivity contribution is -0.258. The zero-order valence-corrected chi connectivity index (χ0v) is 8.07. The van der Waals surface area contributed by atoms with Crippen LogP contribution < -0.4 is 5.73 Å². The molecule has 0 aliphatic heterocycles. The van der Waals surface area contributed by atoms with Crippen molar-refractivity contribution in [3.8, 4) is 0 Å². The first-order chi connectivity index (χ1) is 5.93. The fourth-order valence-electron chi connectivity index (χ4n) is 0.766. The second kappa shape index (κ2) is 5.53. The molecule has 0 saturated carbocycles. The molecule has 0 aromatic carbocycles. The zero-order chi connectivity index (χ0) is 10.4. The Morgan fingerprint density at radius 2 is 1.85 bits per heavy atom. The molecule has 5 nitrogen and oxygen atoms in total. The lowest BCUT2D eigenvalue weighted by Gasteiger charge is -2.10. The van der Waals surface area contributed by atoms with Gasteiger partial charge in [0.1, 0.15) is 6.04 Å². The molecular formula is C8H15NO4. The Balaban J connectivity index is 3.76. The number of carbonyl (C=O) groups is 2. The maximum atomic E-state index is 11.0. The molecule has 0 unspecified atom stereocenters. The zero-order valence-electron chi connectivity index (χ0n) is 8.07. The normalized spacial score (nSPS) is 12.4. The first-order valence-electron chi connectivity index (χ1n) is 4.08. The first-order valence-corrected chi connectivity index (χ1v) is 4.08. The van der Waals surface area contributed by atoms with Crippen molar-refractivity contribution in [1.29, 1.82) is 0 Å². The molecule has 0 aliphatic carbocycles. The summed E-state index contributed by atoms with van der Waals surface area (Å²) in [6.07, 6.45) is 0.500. The predicted octanol–water partition coefficient (Wildman–Crippen LogP) is 0.381. The summed E-state index contributed by atoms with van der Waals surface area (Å²) >= 11 is 0. The molecule has 2 N–H and O–H groups in total. The first kappa shape index (κ1) is 11.9. The minimum Gasteiger partial charge on any atom is -0.318 e. The van der Waals surface area contributed by atoms with E-state index < -0.39 is 18.0 Å². The lowest BCUT2D eigenvalue weighted by atomic mass is 10.1. The molecule has 13 heavy (non-hydrogen) atoms. The van der Waals surface area contributed by atoms with Gasteiger partial charge in [-0.3, -0.25) is 0 Å². The Morgan fingerprint density at radius 3 is 2.23 bits per heavy atom. The standard InChI is InChI=1S/C8H15NO4/c1-5(2)4-7(9)8(11)13-12-6(3)10/h5,7H,4,9H2,1-3H3/t7-/m0/s1. The summed E-state index contributed by atoms with van der Waals surface area (Å²) in [5.41, 5.74) is 5.44. The van der Waals surface area contributed by atoms with E-state index in [4.69, 9.17) is 5.73 Å². The number of nitrogens with two attached hydrogens (primary N) is 1. The lowest BCUT2D eigenvalue weighted by Crippen LogP contribution is -2.33. The van der Waals surface area contributed by atoms with E-state index in [1.807, 2.05) is 13.8 Å². The Morgan fingerprint density at radius 1 is 1.31 bits per heavy atom. The van der Waals surface area contributed by atoms with Crippen molar-refractivity contribution in [3.05, 3.63) is 0 Å². The van der Waals surface area contributed by atoms with Crippen LogP contribution in [0.4, 0.5) is 0 Å². The van der Waals surface area contributed by atoms with Crippen molar-refractivity contribution in [2.75, 3.05) is 0 Å². The summed E-state index contributed by atoms with van der Waals surface area (Å²) < 4.78 is 0. The molecule has 0 fully saturated rings. The molecule has 0 spiro atoms. The third-order valence-corrected chi connectivity index (χ3v) is 1.27. The van der Waals surface area contributed by atoms with Crippen molar-refractivity contribution >= 4 is 11.9 Å². The summed E-state index contributed by atoms with van der Waals surface area (Å²) in [5, 5.41) is 0. The maximum Gasteiger partial charge on any atom is 0.372 e. The molecule has 1 atom stereocenters. The van der Waals surface area contributed by atoms with E-state index in [1.165, 1.54) is 0 Å². The van der Waals surface area contributed by atoms with Gasteiger partial charge in [-0.15, -0.1) is 0 Å². The topological polar surface area (TPSA) is 78.6 Å². The average Bonchev–Trinajstić information content (AvgIpc) is 1.98. The minimum atomic E-state index is -0.737. The summed E-state index contributed by atoms with van der Waals surface area (Å²) in [6.45, 7) is 5.00. The molecule has 0 saturated heterocycles. The molecule has 0 radical (unpaired) electrons. The van der Waals surface area contributed by atoms with Gasteiger partial charge in [-0.2, -0.15) is 0 Å². The largest absolute Gasteiger partial charge is 0.372 e. The molecule has 0 rings (SSSR count). The second-order valence-corrected chi connectivity index (χ2v) is 3.21. The highest BCUT2D eigenvalue weighted by Gasteiger charge is 2.18. The predicted molar refractivity (Wildman–Crippen MR) is 45.3 cm³/mol. The van der Waals surface area contributed by atoms with Gasteiger partial charge in [0.2, 0.25) is 0 Å². The van der Waals surface area contributed by atoms with Gasteiger partial charge >= 0.3 is 11.9 Å². The second-order valence-electron chi connectivity index (χ2n) is 3.21. The van der Waals surface area contributed by atoms with Crippen LogP contribution in [0, 0.1) is 5.92 Å². The molecule has 5 heteroatoms. The molecule has 76 valence electrons. The van der Waals surface area contributed by atoms with Crippen LogP contribution in [0.5, 0.6) is 0 Å². The highest BCUT2D eigenvalue weighted by atomic mass is 17.2. The van der Waals surface area contributed by atoms with Crippen LogP contribution in [0.25, 0.3) is 0 Å². The highest BCUT2D eigenvalue weighted by Crippen LogP contribution is 2.03.